The topological polar surface area (TPSA) is 107 Å². The molecule has 35 heavy (non-hydrogen) atoms. The van der Waals surface area contributed by atoms with Crippen molar-refractivity contribution in [3.63, 3.8) is 0 Å². The molecule has 0 radical (unpaired) electrons. The molecule has 1 aliphatic rings. The molecule has 0 saturated carbocycles. The van der Waals surface area contributed by atoms with Crippen molar-refractivity contribution >= 4 is 29.4 Å². The van der Waals surface area contributed by atoms with Gasteiger partial charge in [-0.3, -0.25) is 9.59 Å². The predicted molar refractivity (Wildman–Crippen MR) is 134 cm³/mol. The highest BCUT2D eigenvalue weighted by atomic mass is 35.5. The smallest absolute Gasteiger partial charge is 0.335 e. The number of amides is 2. The Hall–Kier alpha value is -2.90. The number of halogens is 1. The number of hydrogen-bond acceptors (Lipinski definition) is 4. The van der Waals surface area contributed by atoms with E-state index in [9.17, 15) is 24.6 Å². The van der Waals surface area contributed by atoms with Crippen LogP contribution in [0.25, 0.3) is 0 Å². The van der Waals surface area contributed by atoms with Gasteiger partial charge in [0.2, 0.25) is 5.91 Å². The van der Waals surface area contributed by atoms with Gasteiger partial charge in [0, 0.05) is 41.6 Å². The molecule has 2 aromatic carbocycles. The second kappa shape index (κ2) is 10.4. The van der Waals surface area contributed by atoms with E-state index in [4.69, 9.17) is 11.6 Å². The average Bonchev–Trinajstić information content (AvgIpc) is 2.80. The first kappa shape index (κ1) is 26.7. The number of likely N-dealkylation sites (tertiary alicyclic amines) is 1. The van der Waals surface area contributed by atoms with Gasteiger partial charge in [0.15, 0.2) is 0 Å². The molecule has 3 N–H and O–H groups in total. The first-order valence-corrected chi connectivity index (χ1v) is 12.1. The van der Waals surface area contributed by atoms with Gasteiger partial charge < -0.3 is 20.4 Å². The molecular formula is C27H33ClN2O5. The van der Waals surface area contributed by atoms with Gasteiger partial charge in [0.1, 0.15) is 0 Å². The van der Waals surface area contributed by atoms with Crippen LogP contribution in [0.5, 0.6) is 0 Å². The van der Waals surface area contributed by atoms with Crippen LogP contribution in [0.1, 0.15) is 66.8 Å². The first-order chi connectivity index (χ1) is 16.3. The van der Waals surface area contributed by atoms with Gasteiger partial charge >= 0.3 is 5.97 Å². The molecule has 2 amide bonds. The number of carboxylic acid groups (broad SMARTS) is 1. The third-order valence-electron chi connectivity index (χ3n) is 7.01. The van der Waals surface area contributed by atoms with E-state index in [1.54, 1.807) is 23.1 Å². The highest BCUT2D eigenvalue weighted by Gasteiger charge is 2.49. The fourth-order valence-electron chi connectivity index (χ4n) is 4.61. The zero-order valence-corrected chi connectivity index (χ0v) is 21.3. The molecule has 3 rings (SSSR count). The Morgan fingerprint density at radius 2 is 1.71 bits per heavy atom. The lowest BCUT2D eigenvalue weighted by Crippen LogP contribution is -2.57. The van der Waals surface area contributed by atoms with Crippen molar-refractivity contribution in [2.24, 2.45) is 11.3 Å². The summed E-state index contributed by atoms with van der Waals surface area (Å²) in [6.07, 6.45) is 0.492. The number of carbonyl (C=O) groups excluding carboxylic acids is 2. The van der Waals surface area contributed by atoms with Crippen LogP contribution in [0.3, 0.4) is 0 Å². The van der Waals surface area contributed by atoms with E-state index in [1.165, 1.54) is 18.2 Å². The summed E-state index contributed by atoms with van der Waals surface area (Å²) in [4.78, 5) is 39.0. The van der Waals surface area contributed by atoms with Gasteiger partial charge in [-0.25, -0.2) is 4.79 Å². The van der Waals surface area contributed by atoms with Gasteiger partial charge in [-0.2, -0.15) is 0 Å². The zero-order chi connectivity index (χ0) is 26.0. The summed E-state index contributed by atoms with van der Waals surface area (Å²) in [6, 6.07) is 12.5. The maximum Gasteiger partial charge on any atom is 0.335 e. The van der Waals surface area contributed by atoms with E-state index in [0.29, 0.717) is 24.5 Å². The largest absolute Gasteiger partial charge is 0.478 e. The minimum atomic E-state index is -1.11. The zero-order valence-electron chi connectivity index (χ0n) is 20.5. The van der Waals surface area contributed by atoms with Crippen molar-refractivity contribution in [3.05, 3.63) is 70.2 Å². The predicted octanol–water partition coefficient (Wildman–Crippen LogP) is 4.33. The van der Waals surface area contributed by atoms with Gasteiger partial charge in [-0.1, -0.05) is 57.5 Å². The second-order valence-electron chi connectivity index (χ2n) is 10.2. The van der Waals surface area contributed by atoms with Crippen LogP contribution in [0.15, 0.2) is 48.5 Å². The molecule has 8 heteroatoms. The maximum atomic E-state index is 13.3. The lowest BCUT2D eigenvalue weighted by molar-refractivity contribution is -0.153. The van der Waals surface area contributed by atoms with Crippen LogP contribution in [0.2, 0.25) is 5.02 Å². The van der Waals surface area contributed by atoms with Crippen molar-refractivity contribution in [1.29, 1.82) is 0 Å². The van der Waals surface area contributed by atoms with Crippen LogP contribution >= 0.6 is 11.6 Å². The molecule has 188 valence electrons. The normalized spacial score (nSPS) is 20.4. The van der Waals surface area contributed by atoms with Crippen molar-refractivity contribution < 1.29 is 24.6 Å². The fourth-order valence-corrected chi connectivity index (χ4v) is 4.74. The van der Waals surface area contributed by atoms with E-state index in [2.05, 4.69) is 5.32 Å². The summed E-state index contributed by atoms with van der Waals surface area (Å²) in [5.41, 5.74) is -0.679. The molecule has 2 aromatic rings. The maximum absolute atomic E-state index is 13.3. The molecule has 1 heterocycles. The summed E-state index contributed by atoms with van der Waals surface area (Å²) in [5.74, 6) is -1.65. The lowest BCUT2D eigenvalue weighted by Gasteiger charge is -2.50. The van der Waals surface area contributed by atoms with Crippen molar-refractivity contribution in [2.75, 3.05) is 13.1 Å². The molecule has 2 atom stereocenters. The molecule has 1 saturated heterocycles. The minimum absolute atomic E-state index is 0.0191. The standard InChI is InChI=1S/C27H33ClN2O5/c1-17(2)22(29-24(32)18-6-5-7-19(14-18)25(33)34)15-23(31)30-13-12-27(35,26(3,4)16-30)20-8-10-21(28)11-9-20/h5-11,14,17,22,35H,12-13,15-16H2,1-4H3,(H,29,32)(H,33,34)/t22?,27-/m0/s1. The molecule has 0 aliphatic carbocycles. The Bertz CT molecular complexity index is 1100. The number of piperidine rings is 1. The summed E-state index contributed by atoms with van der Waals surface area (Å²) in [7, 11) is 0. The number of aromatic carboxylic acids is 1. The molecule has 0 spiro atoms. The molecule has 7 nitrogen and oxygen atoms in total. The number of rotatable bonds is 7. The molecule has 1 fully saturated rings. The van der Waals surface area contributed by atoms with Crippen LogP contribution in [0.4, 0.5) is 0 Å². The Labute approximate surface area is 211 Å². The average molecular weight is 501 g/mol. The molecule has 0 aromatic heterocycles. The summed E-state index contributed by atoms with van der Waals surface area (Å²) in [6.45, 7) is 8.48. The number of benzene rings is 2. The van der Waals surface area contributed by atoms with Crippen LogP contribution < -0.4 is 5.32 Å². The number of carboxylic acids is 1. The SMILES string of the molecule is CC(C)C(CC(=O)N1CC[C@](O)(c2ccc(Cl)cc2)C(C)(C)C1)NC(=O)c1cccc(C(=O)O)c1. The first-order valence-electron chi connectivity index (χ1n) is 11.7. The quantitative estimate of drug-likeness (QED) is 0.524. The van der Waals surface area contributed by atoms with Gasteiger partial charge in [-0.05, 0) is 48.2 Å². The third kappa shape index (κ3) is 5.85. The van der Waals surface area contributed by atoms with E-state index >= 15 is 0 Å². The van der Waals surface area contributed by atoms with Gasteiger partial charge in [-0.15, -0.1) is 0 Å². The van der Waals surface area contributed by atoms with Crippen molar-refractivity contribution in [2.45, 2.75) is 52.2 Å². The lowest BCUT2D eigenvalue weighted by atomic mass is 9.66. The van der Waals surface area contributed by atoms with Crippen LogP contribution in [0, 0.1) is 11.3 Å². The van der Waals surface area contributed by atoms with E-state index in [0.717, 1.165) is 5.56 Å². The molecule has 0 bridgehead atoms. The van der Waals surface area contributed by atoms with E-state index in [-0.39, 0.29) is 29.4 Å². The highest BCUT2D eigenvalue weighted by molar-refractivity contribution is 6.30. The summed E-state index contributed by atoms with van der Waals surface area (Å²) >= 11 is 6.01. The number of aliphatic hydroxyl groups is 1. The number of hydrogen-bond donors (Lipinski definition) is 3. The summed E-state index contributed by atoms with van der Waals surface area (Å²) < 4.78 is 0. The monoisotopic (exact) mass is 500 g/mol. The summed E-state index contributed by atoms with van der Waals surface area (Å²) in [5, 5.41) is 24.2. The third-order valence-corrected chi connectivity index (χ3v) is 7.26. The number of carbonyl (C=O) groups is 3. The van der Waals surface area contributed by atoms with Crippen LogP contribution in [-0.4, -0.2) is 52.0 Å². The second-order valence-corrected chi connectivity index (χ2v) is 10.7. The highest BCUT2D eigenvalue weighted by Crippen LogP contribution is 2.46. The van der Waals surface area contributed by atoms with Gasteiger partial charge in [0.05, 0.1) is 11.2 Å². The molecular weight excluding hydrogens is 468 g/mol. The number of nitrogens with one attached hydrogen (secondary N) is 1. The minimum Gasteiger partial charge on any atom is -0.478 e. The Morgan fingerprint density at radius 1 is 1.09 bits per heavy atom. The Morgan fingerprint density at radius 3 is 2.29 bits per heavy atom. The fraction of sp³-hybridized carbons (Fsp3) is 0.444. The van der Waals surface area contributed by atoms with E-state index in [1.807, 2.05) is 39.8 Å². The molecule has 1 aliphatic heterocycles. The number of nitrogens with zero attached hydrogens (tertiary/aromatic N) is 1. The van der Waals surface area contributed by atoms with Gasteiger partial charge in [0.25, 0.3) is 5.91 Å². The Kier molecular flexibility index (Phi) is 7.92. The molecule has 1 unspecified atom stereocenters. The van der Waals surface area contributed by atoms with Crippen LogP contribution in [-0.2, 0) is 10.4 Å². The van der Waals surface area contributed by atoms with Crippen molar-refractivity contribution in [1.82, 2.24) is 10.2 Å². The van der Waals surface area contributed by atoms with Crippen molar-refractivity contribution in [3.8, 4) is 0 Å². The Balaban J connectivity index is 1.69. The van der Waals surface area contributed by atoms with E-state index < -0.39 is 28.9 Å².